The summed E-state index contributed by atoms with van der Waals surface area (Å²) in [5.41, 5.74) is 5.52. The van der Waals surface area contributed by atoms with Gasteiger partial charge >= 0.3 is 11.9 Å². The maximum absolute atomic E-state index is 12.1. The van der Waals surface area contributed by atoms with Gasteiger partial charge in [-0.15, -0.1) is 0 Å². The summed E-state index contributed by atoms with van der Waals surface area (Å²) in [6.45, 7) is -0.514. The van der Waals surface area contributed by atoms with Crippen molar-refractivity contribution in [3.8, 4) is 5.75 Å². The summed E-state index contributed by atoms with van der Waals surface area (Å²) < 4.78 is 4.98. The molecule has 1 rings (SSSR count). The first kappa shape index (κ1) is 21.9. The molecule has 1 aromatic carbocycles. The van der Waals surface area contributed by atoms with Gasteiger partial charge in [0.25, 0.3) is 5.91 Å². The zero-order chi connectivity index (χ0) is 20.2. The molecule has 0 aliphatic heterocycles. The van der Waals surface area contributed by atoms with E-state index in [0.717, 1.165) is 0 Å². The molecular formula is C17H23N3O7. The Morgan fingerprint density at radius 3 is 2.52 bits per heavy atom. The Balaban J connectivity index is 2.52. The fraction of sp³-hybridized carbons (Fsp3) is 0.412. The number of benzene rings is 1. The first-order chi connectivity index (χ1) is 12.8. The molecule has 148 valence electrons. The number of carboxylic acid groups (broad SMARTS) is 2. The lowest BCUT2D eigenvalue weighted by molar-refractivity contribution is -0.142. The molecule has 0 aromatic heterocycles. The van der Waals surface area contributed by atoms with E-state index >= 15 is 0 Å². The summed E-state index contributed by atoms with van der Waals surface area (Å²) in [5.74, 6) is -3.33. The second kappa shape index (κ2) is 11.5. The van der Waals surface area contributed by atoms with Gasteiger partial charge in [-0.05, 0) is 44.0 Å². The maximum atomic E-state index is 12.1. The highest BCUT2D eigenvalue weighted by Gasteiger charge is 2.19. The Morgan fingerprint density at radius 1 is 1.15 bits per heavy atom. The minimum Gasteiger partial charge on any atom is -0.482 e. The molecule has 0 fully saturated rings. The van der Waals surface area contributed by atoms with Crippen molar-refractivity contribution in [1.29, 1.82) is 0 Å². The fourth-order valence-corrected chi connectivity index (χ4v) is 2.13. The number of hydrogen-bond donors (Lipinski definition) is 5. The number of amides is 2. The molecule has 0 heterocycles. The van der Waals surface area contributed by atoms with E-state index in [1.165, 1.54) is 24.3 Å². The van der Waals surface area contributed by atoms with Crippen LogP contribution >= 0.6 is 0 Å². The van der Waals surface area contributed by atoms with E-state index in [-0.39, 0.29) is 17.7 Å². The summed E-state index contributed by atoms with van der Waals surface area (Å²) in [5, 5.41) is 22.4. The highest BCUT2D eigenvalue weighted by molar-refractivity contribution is 5.97. The number of nitrogens with two attached hydrogens (primary N) is 1. The Bertz CT molecular complexity index is 678. The van der Waals surface area contributed by atoms with Crippen molar-refractivity contribution >= 4 is 23.8 Å². The molecule has 0 aliphatic carbocycles. The highest BCUT2D eigenvalue weighted by Crippen LogP contribution is 2.13. The van der Waals surface area contributed by atoms with Crippen molar-refractivity contribution in [3.05, 3.63) is 29.8 Å². The number of hydrogen-bond acceptors (Lipinski definition) is 6. The molecule has 6 N–H and O–H groups in total. The average molecular weight is 381 g/mol. The lowest BCUT2D eigenvalue weighted by Gasteiger charge is -2.14. The second-order valence-electron chi connectivity index (χ2n) is 5.64. The van der Waals surface area contributed by atoms with Crippen molar-refractivity contribution < 1.29 is 34.1 Å². The second-order valence-corrected chi connectivity index (χ2v) is 5.64. The lowest BCUT2D eigenvalue weighted by atomic mass is 10.1. The zero-order valence-electron chi connectivity index (χ0n) is 14.6. The van der Waals surface area contributed by atoms with Crippen LogP contribution in [0.5, 0.6) is 5.75 Å². The van der Waals surface area contributed by atoms with E-state index in [2.05, 4.69) is 10.6 Å². The molecule has 0 saturated heterocycles. The van der Waals surface area contributed by atoms with E-state index in [4.69, 9.17) is 20.7 Å². The van der Waals surface area contributed by atoms with Crippen molar-refractivity contribution in [2.75, 3.05) is 19.7 Å². The minimum atomic E-state index is -1.16. The largest absolute Gasteiger partial charge is 0.482 e. The van der Waals surface area contributed by atoms with Crippen LogP contribution in [0.4, 0.5) is 0 Å². The van der Waals surface area contributed by atoms with Gasteiger partial charge in [-0.2, -0.15) is 0 Å². The number of carbonyl (C=O) groups is 4. The van der Waals surface area contributed by atoms with Gasteiger partial charge in [0.2, 0.25) is 5.91 Å². The van der Waals surface area contributed by atoms with E-state index in [0.29, 0.717) is 19.4 Å². The summed E-state index contributed by atoms with van der Waals surface area (Å²) >= 11 is 0. The van der Waals surface area contributed by atoms with Gasteiger partial charge in [0.1, 0.15) is 11.8 Å². The van der Waals surface area contributed by atoms with E-state index < -0.39 is 42.9 Å². The van der Waals surface area contributed by atoms with Gasteiger partial charge in [-0.1, -0.05) is 6.07 Å². The quantitative estimate of drug-likeness (QED) is 0.304. The summed E-state index contributed by atoms with van der Waals surface area (Å²) in [7, 11) is 0. The Kier molecular flexibility index (Phi) is 9.30. The molecule has 0 aliphatic rings. The van der Waals surface area contributed by atoms with Crippen LogP contribution in [0.2, 0.25) is 0 Å². The van der Waals surface area contributed by atoms with Crippen molar-refractivity contribution in [2.45, 2.75) is 25.3 Å². The molecule has 1 aromatic rings. The number of ether oxygens (including phenoxy) is 1. The van der Waals surface area contributed by atoms with Crippen LogP contribution in [0.15, 0.2) is 24.3 Å². The maximum Gasteiger partial charge on any atom is 0.341 e. The predicted molar refractivity (Wildman–Crippen MR) is 94.4 cm³/mol. The fourth-order valence-electron chi connectivity index (χ4n) is 2.13. The van der Waals surface area contributed by atoms with Crippen LogP contribution in [0.3, 0.4) is 0 Å². The summed E-state index contributed by atoms with van der Waals surface area (Å²) in [4.78, 5) is 45.6. The van der Waals surface area contributed by atoms with Gasteiger partial charge in [0.15, 0.2) is 6.61 Å². The number of carboxylic acids is 2. The average Bonchev–Trinajstić information content (AvgIpc) is 2.63. The monoisotopic (exact) mass is 381 g/mol. The molecule has 1 atom stereocenters. The Labute approximate surface area is 155 Å². The normalized spacial score (nSPS) is 11.3. The van der Waals surface area contributed by atoms with Crippen LogP contribution in [0.1, 0.15) is 29.6 Å². The van der Waals surface area contributed by atoms with Gasteiger partial charge in [0, 0.05) is 5.56 Å². The van der Waals surface area contributed by atoms with E-state index in [9.17, 15) is 19.2 Å². The first-order valence-electron chi connectivity index (χ1n) is 8.28. The van der Waals surface area contributed by atoms with Crippen molar-refractivity contribution in [1.82, 2.24) is 10.6 Å². The smallest absolute Gasteiger partial charge is 0.341 e. The molecule has 1 unspecified atom stereocenters. The third-order valence-electron chi connectivity index (χ3n) is 3.45. The van der Waals surface area contributed by atoms with Crippen molar-refractivity contribution in [2.24, 2.45) is 5.73 Å². The number of carbonyl (C=O) groups excluding carboxylic acids is 2. The van der Waals surface area contributed by atoms with Crippen LogP contribution in [-0.2, 0) is 14.4 Å². The number of nitrogens with one attached hydrogen (secondary N) is 2. The molecule has 0 saturated carbocycles. The van der Waals surface area contributed by atoms with Crippen LogP contribution in [0, 0.1) is 0 Å². The summed E-state index contributed by atoms with van der Waals surface area (Å²) in [6.07, 6.45) is 1.45. The van der Waals surface area contributed by atoms with Crippen molar-refractivity contribution in [3.63, 3.8) is 0 Å². The molecule has 0 spiro atoms. The highest BCUT2D eigenvalue weighted by atomic mass is 16.5. The van der Waals surface area contributed by atoms with Gasteiger partial charge in [0.05, 0.1) is 6.54 Å². The van der Waals surface area contributed by atoms with Crippen LogP contribution in [-0.4, -0.2) is 59.7 Å². The Morgan fingerprint density at radius 2 is 1.89 bits per heavy atom. The molecule has 0 radical (unpaired) electrons. The SMILES string of the molecule is NCCCCC(NC(=O)CNC(=O)c1cccc(OCC(=O)O)c1)C(=O)O. The van der Waals surface area contributed by atoms with Crippen LogP contribution in [0.25, 0.3) is 0 Å². The molecule has 0 bridgehead atoms. The molecule has 10 nitrogen and oxygen atoms in total. The molecule has 10 heteroatoms. The lowest BCUT2D eigenvalue weighted by Crippen LogP contribution is -2.45. The molecular weight excluding hydrogens is 358 g/mol. The first-order valence-corrected chi connectivity index (χ1v) is 8.28. The van der Waals surface area contributed by atoms with Gasteiger partial charge in [-0.25, -0.2) is 9.59 Å². The van der Waals surface area contributed by atoms with Gasteiger partial charge in [-0.3, -0.25) is 9.59 Å². The Hall–Kier alpha value is -3.14. The number of unbranched alkanes of at least 4 members (excludes halogenated alkanes) is 1. The molecule has 27 heavy (non-hydrogen) atoms. The van der Waals surface area contributed by atoms with E-state index in [1.54, 1.807) is 0 Å². The third kappa shape index (κ3) is 8.68. The third-order valence-corrected chi connectivity index (χ3v) is 3.45. The minimum absolute atomic E-state index is 0.170. The number of aliphatic carboxylic acids is 2. The summed E-state index contributed by atoms with van der Waals surface area (Å²) in [6, 6.07) is 4.75. The zero-order valence-corrected chi connectivity index (χ0v) is 14.6. The number of rotatable bonds is 12. The van der Waals surface area contributed by atoms with Gasteiger partial charge < -0.3 is 31.3 Å². The predicted octanol–water partition coefficient (Wildman–Crippen LogP) is -0.422. The molecule has 2 amide bonds. The van der Waals surface area contributed by atoms with E-state index in [1.807, 2.05) is 0 Å². The standard InChI is InChI=1S/C17H23N3O7/c18-7-2-1-6-13(17(25)26)20-14(21)9-19-16(24)11-4-3-5-12(8-11)27-10-15(22)23/h3-5,8,13H,1-2,6-7,9-10,18H2,(H,19,24)(H,20,21)(H,22,23)(H,25,26). The topological polar surface area (TPSA) is 168 Å². The van der Waals surface area contributed by atoms with Crippen LogP contribution < -0.4 is 21.1 Å².